The van der Waals surface area contributed by atoms with Crippen LogP contribution in [0.15, 0.2) is 0 Å². The van der Waals surface area contributed by atoms with Crippen LogP contribution in [-0.2, 0) is 9.53 Å². The Kier molecular flexibility index (Phi) is 2.65. The SMILES string of the molecule is O=C1C[Te]CCCO1. The van der Waals surface area contributed by atoms with Crippen molar-refractivity contribution in [2.75, 3.05) is 6.61 Å². The molecule has 2 nitrogen and oxygen atoms in total. The van der Waals surface area contributed by atoms with Crippen molar-refractivity contribution in [3.05, 3.63) is 0 Å². The molecule has 1 aliphatic rings. The van der Waals surface area contributed by atoms with Gasteiger partial charge in [-0.25, -0.2) is 0 Å². The fraction of sp³-hybridized carbons (Fsp3) is 0.800. The van der Waals surface area contributed by atoms with E-state index >= 15 is 0 Å². The molecule has 0 N–H and O–H groups in total. The fourth-order valence-corrected chi connectivity index (χ4v) is 2.59. The summed E-state index contributed by atoms with van der Waals surface area (Å²) in [7, 11) is 0. The van der Waals surface area contributed by atoms with Crippen LogP contribution in [0.4, 0.5) is 0 Å². The summed E-state index contributed by atoms with van der Waals surface area (Å²) in [6.45, 7) is 0.670. The Morgan fingerprint density at radius 1 is 1.62 bits per heavy atom. The molecule has 1 fully saturated rings. The van der Waals surface area contributed by atoms with Crippen LogP contribution >= 0.6 is 0 Å². The third-order valence-corrected chi connectivity index (χ3v) is 3.82. The minimum absolute atomic E-state index is 0.0197. The van der Waals surface area contributed by atoms with E-state index in [9.17, 15) is 4.79 Å². The van der Waals surface area contributed by atoms with Crippen molar-refractivity contribution in [2.45, 2.75) is 15.4 Å². The van der Waals surface area contributed by atoms with Crippen LogP contribution in [0, 0.1) is 0 Å². The Bertz CT molecular complexity index is 82.4. The first kappa shape index (κ1) is 6.38. The molecule has 8 heavy (non-hydrogen) atoms. The van der Waals surface area contributed by atoms with Gasteiger partial charge in [0.05, 0.1) is 0 Å². The Balaban J connectivity index is 2.27. The molecule has 0 saturated carbocycles. The average molecular weight is 228 g/mol. The molecule has 0 bridgehead atoms. The molecule has 0 radical (unpaired) electrons. The second kappa shape index (κ2) is 3.32. The topological polar surface area (TPSA) is 26.3 Å². The Hall–Kier alpha value is 0.260. The number of hydrogen-bond acceptors (Lipinski definition) is 2. The van der Waals surface area contributed by atoms with Crippen LogP contribution in [0.25, 0.3) is 0 Å². The van der Waals surface area contributed by atoms with Gasteiger partial charge < -0.3 is 0 Å². The maximum atomic E-state index is 10.5. The van der Waals surface area contributed by atoms with Crippen LogP contribution < -0.4 is 0 Å². The van der Waals surface area contributed by atoms with Crippen molar-refractivity contribution < 1.29 is 9.53 Å². The molecule has 0 aliphatic carbocycles. The average Bonchev–Trinajstić information content (AvgIpc) is 1.94. The van der Waals surface area contributed by atoms with Gasteiger partial charge in [0.2, 0.25) is 0 Å². The number of rotatable bonds is 0. The molecule has 46 valence electrons. The summed E-state index contributed by atoms with van der Waals surface area (Å²) >= 11 is 0.0197. The summed E-state index contributed by atoms with van der Waals surface area (Å²) in [5.41, 5.74) is 0. The zero-order valence-corrected chi connectivity index (χ0v) is 6.88. The van der Waals surface area contributed by atoms with E-state index in [1.54, 1.807) is 0 Å². The van der Waals surface area contributed by atoms with Gasteiger partial charge in [-0.1, -0.05) is 0 Å². The third kappa shape index (κ3) is 2.02. The quantitative estimate of drug-likeness (QED) is 0.444. The summed E-state index contributed by atoms with van der Waals surface area (Å²) in [5.74, 6) is 0.0323. The van der Waals surface area contributed by atoms with E-state index in [0.717, 1.165) is 10.9 Å². The second-order valence-electron chi connectivity index (χ2n) is 1.63. The molecule has 0 aromatic heterocycles. The van der Waals surface area contributed by atoms with Gasteiger partial charge in [0.15, 0.2) is 0 Å². The van der Waals surface area contributed by atoms with Crippen molar-refractivity contribution in [3.63, 3.8) is 0 Å². The first-order valence-corrected chi connectivity index (χ1v) is 5.92. The third-order valence-electron chi connectivity index (χ3n) is 0.916. The summed E-state index contributed by atoms with van der Waals surface area (Å²) in [6, 6.07) is 0. The molecule has 0 spiro atoms. The number of esters is 1. The van der Waals surface area contributed by atoms with Gasteiger partial charge >= 0.3 is 58.4 Å². The summed E-state index contributed by atoms with van der Waals surface area (Å²) in [5, 5.41) is 0. The molecule has 0 unspecified atom stereocenters. The van der Waals surface area contributed by atoms with Gasteiger partial charge in [-0.3, -0.25) is 0 Å². The molecule has 3 heteroatoms. The van der Waals surface area contributed by atoms with E-state index in [4.69, 9.17) is 4.74 Å². The Labute approximate surface area is 58.7 Å². The molecule has 1 heterocycles. The van der Waals surface area contributed by atoms with Crippen molar-refractivity contribution in [1.82, 2.24) is 0 Å². The van der Waals surface area contributed by atoms with Crippen molar-refractivity contribution in [3.8, 4) is 0 Å². The van der Waals surface area contributed by atoms with E-state index in [0.29, 0.717) is 6.61 Å². The van der Waals surface area contributed by atoms with Crippen LogP contribution in [0.3, 0.4) is 0 Å². The normalized spacial score (nSPS) is 21.8. The predicted molar refractivity (Wildman–Crippen MR) is 30.9 cm³/mol. The van der Waals surface area contributed by atoms with E-state index < -0.39 is 0 Å². The molecular formula is C5H8O2Te. The standard InChI is InChI=1S/C5H8O2Te/c6-5-4-8-3-1-2-7-5/h1-4H2. The number of ether oxygens (including phenoxy) is 1. The zero-order chi connectivity index (χ0) is 5.82. The van der Waals surface area contributed by atoms with Crippen LogP contribution in [0.1, 0.15) is 6.42 Å². The van der Waals surface area contributed by atoms with Gasteiger partial charge in [-0.15, -0.1) is 0 Å². The fourth-order valence-electron chi connectivity index (χ4n) is 0.544. The first-order chi connectivity index (χ1) is 3.89. The molecule has 0 atom stereocenters. The van der Waals surface area contributed by atoms with E-state index in [1.165, 1.54) is 4.47 Å². The monoisotopic (exact) mass is 230 g/mol. The Morgan fingerprint density at radius 3 is 3.38 bits per heavy atom. The molecule has 0 amide bonds. The van der Waals surface area contributed by atoms with Gasteiger partial charge in [0.25, 0.3) is 0 Å². The number of carbonyl (C=O) groups is 1. The van der Waals surface area contributed by atoms with Gasteiger partial charge in [-0.05, 0) is 0 Å². The van der Waals surface area contributed by atoms with Gasteiger partial charge in [0.1, 0.15) is 0 Å². The number of hydrogen-bond donors (Lipinski definition) is 0. The van der Waals surface area contributed by atoms with E-state index in [-0.39, 0.29) is 26.9 Å². The van der Waals surface area contributed by atoms with Crippen LogP contribution in [-0.4, -0.2) is 33.5 Å². The molecule has 1 saturated heterocycles. The van der Waals surface area contributed by atoms with E-state index in [1.807, 2.05) is 0 Å². The van der Waals surface area contributed by atoms with Crippen LogP contribution in [0.5, 0.6) is 0 Å². The molecule has 0 aromatic rings. The number of cyclic esters (lactones) is 1. The summed E-state index contributed by atoms with van der Waals surface area (Å²) in [6.07, 6.45) is 1.11. The first-order valence-electron chi connectivity index (χ1n) is 2.63. The van der Waals surface area contributed by atoms with Gasteiger partial charge in [-0.2, -0.15) is 0 Å². The number of carbonyl (C=O) groups excluding carboxylic acids is 1. The summed E-state index contributed by atoms with van der Waals surface area (Å²) < 4.78 is 6.83. The molecule has 0 aromatic carbocycles. The Morgan fingerprint density at radius 2 is 2.50 bits per heavy atom. The van der Waals surface area contributed by atoms with E-state index in [2.05, 4.69) is 0 Å². The second-order valence-corrected chi connectivity index (χ2v) is 4.78. The van der Waals surface area contributed by atoms with Crippen molar-refractivity contribution >= 4 is 26.9 Å². The van der Waals surface area contributed by atoms with Crippen LogP contribution in [0.2, 0.25) is 8.94 Å². The molecular weight excluding hydrogens is 220 g/mol. The summed E-state index contributed by atoms with van der Waals surface area (Å²) in [4.78, 5) is 10.5. The maximum absolute atomic E-state index is 10.5. The molecule has 1 rings (SSSR count). The minimum atomic E-state index is 0.0197. The van der Waals surface area contributed by atoms with Crippen molar-refractivity contribution in [2.24, 2.45) is 0 Å². The van der Waals surface area contributed by atoms with Gasteiger partial charge in [0, 0.05) is 0 Å². The molecule has 1 aliphatic heterocycles. The predicted octanol–water partition coefficient (Wildman–Crippen LogP) is 0.474. The van der Waals surface area contributed by atoms with Crippen molar-refractivity contribution in [1.29, 1.82) is 0 Å². The zero-order valence-electron chi connectivity index (χ0n) is 4.55.